The highest BCUT2D eigenvalue weighted by Crippen LogP contribution is 2.13. The lowest BCUT2D eigenvalue weighted by Crippen LogP contribution is -2.13. The zero-order valence-electron chi connectivity index (χ0n) is 7.83. The van der Waals surface area contributed by atoms with Crippen LogP contribution in [0.4, 0.5) is 0 Å². The average Bonchev–Trinajstić information content (AvgIpc) is 2.60. The summed E-state index contributed by atoms with van der Waals surface area (Å²) in [7, 11) is 1.07. The summed E-state index contributed by atoms with van der Waals surface area (Å²) in [5, 5.41) is 9.94. The first-order chi connectivity index (χ1) is 6.83. The summed E-state index contributed by atoms with van der Waals surface area (Å²) in [6.45, 7) is 0.658. The normalized spacial score (nSPS) is 10.7. The van der Waals surface area contributed by atoms with Crippen molar-refractivity contribution in [2.24, 2.45) is 5.73 Å². The summed E-state index contributed by atoms with van der Waals surface area (Å²) in [5.41, 5.74) is 8.46. The Balaban J connectivity index is 2.43. The second-order valence-corrected chi connectivity index (χ2v) is 3.31. The Morgan fingerprint density at radius 3 is 2.93 bits per heavy atom. The van der Waals surface area contributed by atoms with Gasteiger partial charge in [0, 0.05) is 11.1 Å². The van der Waals surface area contributed by atoms with E-state index in [9.17, 15) is 0 Å². The molecular formula is C10H12BN2O. The Hall–Kier alpha value is -1.26. The van der Waals surface area contributed by atoms with Gasteiger partial charge >= 0.3 is 7.48 Å². The van der Waals surface area contributed by atoms with E-state index in [1.807, 2.05) is 12.1 Å². The summed E-state index contributed by atoms with van der Waals surface area (Å²) in [6, 6.07) is 8.06. The molecule has 14 heavy (non-hydrogen) atoms. The number of hydrogen-bond donors (Lipinski definition) is 3. The second-order valence-electron chi connectivity index (χ2n) is 3.31. The van der Waals surface area contributed by atoms with Crippen molar-refractivity contribution in [3.05, 3.63) is 29.8 Å². The number of aromatic amines is 1. The van der Waals surface area contributed by atoms with Gasteiger partial charge in [-0.2, -0.15) is 0 Å². The third kappa shape index (κ3) is 1.67. The van der Waals surface area contributed by atoms with Gasteiger partial charge < -0.3 is 15.7 Å². The van der Waals surface area contributed by atoms with Crippen LogP contribution in [-0.2, 0) is 6.42 Å². The number of rotatable bonds is 3. The largest absolute Gasteiger partial charge is 0.449 e. The quantitative estimate of drug-likeness (QED) is 0.588. The molecule has 2 aromatic rings. The maximum absolute atomic E-state index is 8.84. The monoisotopic (exact) mass is 187 g/mol. The van der Waals surface area contributed by atoms with Crippen LogP contribution >= 0.6 is 0 Å². The van der Waals surface area contributed by atoms with Crippen molar-refractivity contribution in [2.75, 3.05) is 6.54 Å². The Labute approximate surface area is 83.2 Å². The highest BCUT2D eigenvalue weighted by molar-refractivity contribution is 6.45. The van der Waals surface area contributed by atoms with E-state index in [0.717, 1.165) is 30.4 Å². The number of benzene rings is 1. The van der Waals surface area contributed by atoms with Gasteiger partial charge in [-0.1, -0.05) is 12.1 Å². The van der Waals surface area contributed by atoms with Gasteiger partial charge in [-0.05, 0) is 36.0 Å². The number of fused-ring (bicyclic) bond motifs is 1. The topological polar surface area (TPSA) is 62.0 Å². The van der Waals surface area contributed by atoms with E-state index >= 15 is 0 Å². The maximum Gasteiger partial charge on any atom is 0.345 e. The molecule has 1 aromatic carbocycles. The minimum atomic E-state index is 0.658. The number of hydrogen-bond acceptors (Lipinski definition) is 2. The van der Waals surface area contributed by atoms with Gasteiger partial charge in [0.15, 0.2) is 0 Å². The first kappa shape index (κ1) is 9.31. The van der Waals surface area contributed by atoms with Crippen LogP contribution in [0.1, 0.15) is 5.56 Å². The molecule has 0 amide bonds. The fourth-order valence-corrected chi connectivity index (χ4v) is 1.59. The molecule has 71 valence electrons. The molecule has 0 bridgehead atoms. The van der Waals surface area contributed by atoms with Crippen molar-refractivity contribution in [3.8, 4) is 0 Å². The van der Waals surface area contributed by atoms with Crippen molar-refractivity contribution in [2.45, 2.75) is 6.42 Å². The lowest BCUT2D eigenvalue weighted by atomic mass is 9.97. The van der Waals surface area contributed by atoms with Crippen LogP contribution in [0.2, 0.25) is 0 Å². The molecule has 1 aromatic heterocycles. The maximum atomic E-state index is 8.84. The van der Waals surface area contributed by atoms with Crippen LogP contribution in [0.3, 0.4) is 0 Å². The smallest absolute Gasteiger partial charge is 0.345 e. The molecular weight excluding hydrogens is 175 g/mol. The van der Waals surface area contributed by atoms with E-state index in [-0.39, 0.29) is 0 Å². The molecule has 0 spiro atoms. The molecule has 0 aliphatic carbocycles. The van der Waals surface area contributed by atoms with Crippen LogP contribution in [-0.4, -0.2) is 24.0 Å². The van der Waals surface area contributed by atoms with Crippen LogP contribution in [0.15, 0.2) is 24.3 Å². The van der Waals surface area contributed by atoms with Crippen LogP contribution < -0.4 is 11.3 Å². The van der Waals surface area contributed by atoms with Gasteiger partial charge in [-0.25, -0.2) is 0 Å². The van der Waals surface area contributed by atoms with Gasteiger partial charge in [-0.15, -0.1) is 0 Å². The van der Waals surface area contributed by atoms with Crippen LogP contribution in [0.5, 0.6) is 0 Å². The Morgan fingerprint density at radius 2 is 2.21 bits per heavy atom. The Morgan fingerprint density at radius 1 is 1.36 bits per heavy atom. The van der Waals surface area contributed by atoms with Crippen molar-refractivity contribution >= 4 is 24.0 Å². The summed E-state index contributed by atoms with van der Waals surface area (Å²) < 4.78 is 0. The number of nitrogens with one attached hydrogen (secondary N) is 1. The lowest BCUT2D eigenvalue weighted by Gasteiger charge is -1.97. The zero-order valence-corrected chi connectivity index (χ0v) is 7.83. The highest BCUT2D eigenvalue weighted by Gasteiger charge is 2.01. The van der Waals surface area contributed by atoms with Crippen LogP contribution in [0.25, 0.3) is 10.9 Å². The molecule has 1 heterocycles. The predicted octanol–water partition coefficient (Wildman–Crippen LogP) is -0.0941. The van der Waals surface area contributed by atoms with Gasteiger partial charge in [0.1, 0.15) is 0 Å². The van der Waals surface area contributed by atoms with Gasteiger partial charge in [-0.3, -0.25) is 0 Å². The summed E-state index contributed by atoms with van der Waals surface area (Å²) in [6.07, 6.45) is 0.882. The molecule has 4 N–H and O–H groups in total. The number of H-pyrrole nitrogens is 1. The standard InChI is InChI=1S/C10H12BN2O/c12-4-3-7-1-2-8-6-10(11-14)13-9(8)5-7/h1-2,5-6,13-14H,3-4,12H2. The van der Waals surface area contributed by atoms with Crippen molar-refractivity contribution in [1.82, 2.24) is 4.98 Å². The SMILES string of the molecule is NCCc1ccc2cc([B]O)[nH]c2c1. The molecule has 0 aliphatic rings. The predicted molar refractivity (Wildman–Crippen MR) is 58.7 cm³/mol. The fourth-order valence-electron chi connectivity index (χ4n) is 1.59. The lowest BCUT2D eigenvalue weighted by molar-refractivity contribution is 0.614. The number of nitrogens with two attached hydrogens (primary N) is 1. The van der Waals surface area contributed by atoms with E-state index in [2.05, 4.69) is 17.1 Å². The molecule has 0 saturated heterocycles. The first-order valence-corrected chi connectivity index (χ1v) is 4.62. The molecule has 4 heteroatoms. The Bertz CT molecular complexity index is 439. The zero-order chi connectivity index (χ0) is 9.97. The second kappa shape index (κ2) is 3.86. The highest BCUT2D eigenvalue weighted by atomic mass is 16.2. The molecule has 0 saturated carbocycles. The number of aromatic nitrogens is 1. The molecule has 0 atom stereocenters. The first-order valence-electron chi connectivity index (χ1n) is 4.62. The van der Waals surface area contributed by atoms with Gasteiger partial charge in [0.05, 0.1) is 0 Å². The van der Waals surface area contributed by atoms with E-state index < -0.39 is 0 Å². The van der Waals surface area contributed by atoms with Crippen molar-refractivity contribution in [3.63, 3.8) is 0 Å². The molecule has 2 rings (SSSR count). The fraction of sp³-hybridized carbons (Fsp3) is 0.200. The average molecular weight is 187 g/mol. The van der Waals surface area contributed by atoms with E-state index in [0.29, 0.717) is 6.54 Å². The van der Waals surface area contributed by atoms with Crippen molar-refractivity contribution in [1.29, 1.82) is 0 Å². The molecule has 0 aliphatic heterocycles. The molecule has 0 fully saturated rings. The summed E-state index contributed by atoms with van der Waals surface area (Å²) in [5.74, 6) is 0. The minimum absolute atomic E-state index is 0.658. The van der Waals surface area contributed by atoms with E-state index in [1.165, 1.54) is 5.56 Å². The van der Waals surface area contributed by atoms with Crippen LogP contribution in [0, 0.1) is 0 Å². The minimum Gasteiger partial charge on any atom is -0.449 e. The summed E-state index contributed by atoms with van der Waals surface area (Å²) >= 11 is 0. The van der Waals surface area contributed by atoms with E-state index in [4.69, 9.17) is 10.8 Å². The molecule has 0 unspecified atom stereocenters. The molecule has 1 radical (unpaired) electrons. The molecule has 3 nitrogen and oxygen atoms in total. The van der Waals surface area contributed by atoms with Gasteiger partial charge in [0.2, 0.25) is 0 Å². The van der Waals surface area contributed by atoms with Gasteiger partial charge in [0.25, 0.3) is 0 Å². The van der Waals surface area contributed by atoms with Crippen molar-refractivity contribution < 1.29 is 5.02 Å². The third-order valence-corrected chi connectivity index (χ3v) is 2.28. The summed E-state index contributed by atoms with van der Waals surface area (Å²) in [4.78, 5) is 3.10. The Kier molecular flexibility index (Phi) is 2.57. The van der Waals surface area contributed by atoms with E-state index in [1.54, 1.807) is 0 Å². The third-order valence-electron chi connectivity index (χ3n) is 2.28.